The van der Waals surface area contributed by atoms with E-state index >= 15 is 0 Å². The van der Waals surface area contributed by atoms with Gasteiger partial charge in [-0.3, -0.25) is 0 Å². The Morgan fingerprint density at radius 1 is 0.643 bits per heavy atom. The topological polar surface area (TPSA) is 109 Å². The molecule has 2 atom stereocenters. The molecular formula is C32H36Cl2N4O4. The number of hydrogen-bond donors (Lipinski definition) is 4. The van der Waals surface area contributed by atoms with Gasteiger partial charge < -0.3 is 30.3 Å². The molecule has 2 aromatic heterocycles. The number of aliphatic hydroxyl groups excluding tert-OH is 2. The van der Waals surface area contributed by atoms with Gasteiger partial charge in [0.1, 0.15) is 0 Å². The van der Waals surface area contributed by atoms with Gasteiger partial charge in [0.05, 0.1) is 48.9 Å². The van der Waals surface area contributed by atoms with E-state index in [0.29, 0.717) is 46.3 Å². The van der Waals surface area contributed by atoms with E-state index in [1.165, 1.54) is 0 Å². The summed E-state index contributed by atoms with van der Waals surface area (Å²) >= 11 is 14.0. The third-order valence-electron chi connectivity index (χ3n) is 7.06. The van der Waals surface area contributed by atoms with E-state index in [9.17, 15) is 0 Å². The largest absolute Gasteiger partial charge is 0.481 e. The van der Waals surface area contributed by atoms with E-state index in [2.05, 4.69) is 10.6 Å². The van der Waals surface area contributed by atoms with E-state index in [0.717, 1.165) is 33.4 Å². The molecule has 0 amide bonds. The number of pyridine rings is 2. The summed E-state index contributed by atoms with van der Waals surface area (Å²) in [4.78, 5) is 9.50. The van der Waals surface area contributed by atoms with E-state index in [1.807, 2.05) is 74.5 Å². The lowest BCUT2D eigenvalue weighted by molar-refractivity contribution is 0.285. The maximum absolute atomic E-state index is 9.16. The first-order chi connectivity index (χ1) is 20.3. The van der Waals surface area contributed by atoms with Gasteiger partial charge in [0.2, 0.25) is 11.8 Å². The van der Waals surface area contributed by atoms with Gasteiger partial charge in [-0.2, -0.15) is 0 Å². The molecular weight excluding hydrogens is 575 g/mol. The molecule has 0 bridgehead atoms. The SMILES string of the molecule is COc1nc(-c2cccc(-c3cccc(-c4ccc([C@@H](C)NCCO)c(OC)n4)c3Cl)c2Cl)ccc1[C@H](C)NCCO. The third kappa shape index (κ3) is 6.86. The second-order valence-corrected chi connectivity index (χ2v) is 10.5. The average molecular weight is 612 g/mol. The molecule has 0 fully saturated rings. The molecule has 42 heavy (non-hydrogen) atoms. The van der Waals surface area contributed by atoms with Crippen LogP contribution in [0, 0.1) is 0 Å². The molecule has 0 spiro atoms. The lowest BCUT2D eigenvalue weighted by atomic mass is 9.97. The predicted octanol–water partition coefficient (Wildman–Crippen LogP) is 6.09. The van der Waals surface area contributed by atoms with Crippen LogP contribution in [0.15, 0.2) is 60.7 Å². The maximum atomic E-state index is 9.16. The van der Waals surface area contributed by atoms with Gasteiger partial charge in [-0.15, -0.1) is 0 Å². The molecule has 0 saturated heterocycles. The minimum atomic E-state index is -0.0571. The van der Waals surface area contributed by atoms with Gasteiger partial charge in [0.15, 0.2) is 0 Å². The molecule has 0 aliphatic heterocycles. The number of nitrogens with one attached hydrogen (secondary N) is 2. The Labute approximate surface area is 256 Å². The van der Waals surface area contributed by atoms with E-state index in [1.54, 1.807) is 14.2 Å². The fourth-order valence-electron chi connectivity index (χ4n) is 4.85. The van der Waals surface area contributed by atoms with Crippen LogP contribution in [0.5, 0.6) is 11.8 Å². The van der Waals surface area contributed by atoms with Crippen molar-refractivity contribution in [3.63, 3.8) is 0 Å². The summed E-state index contributed by atoms with van der Waals surface area (Å²) in [6.45, 7) is 5.00. The molecule has 4 aromatic rings. The van der Waals surface area contributed by atoms with Crippen molar-refractivity contribution >= 4 is 23.2 Å². The van der Waals surface area contributed by atoms with Crippen molar-refractivity contribution in [3.8, 4) is 45.4 Å². The number of benzene rings is 2. The van der Waals surface area contributed by atoms with Gasteiger partial charge in [-0.25, -0.2) is 9.97 Å². The zero-order chi connectivity index (χ0) is 30.2. The first-order valence-corrected chi connectivity index (χ1v) is 14.5. The number of hydrogen-bond acceptors (Lipinski definition) is 8. The van der Waals surface area contributed by atoms with Crippen molar-refractivity contribution in [2.24, 2.45) is 0 Å². The van der Waals surface area contributed by atoms with Crippen molar-refractivity contribution in [3.05, 3.63) is 81.8 Å². The minimum absolute atomic E-state index is 0.0430. The first-order valence-electron chi connectivity index (χ1n) is 13.7. The molecule has 2 aromatic carbocycles. The molecule has 0 saturated carbocycles. The number of ether oxygens (including phenoxy) is 2. The molecule has 0 aliphatic rings. The fraction of sp³-hybridized carbons (Fsp3) is 0.312. The Hall–Kier alpha value is -3.24. The molecule has 0 aliphatic carbocycles. The minimum Gasteiger partial charge on any atom is -0.481 e. The van der Waals surface area contributed by atoms with Crippen LogP contribution in [-0.2, 0) is 0 Å². The summed E-state index contributed by atoms with van der Waals surface area (Å²) in [7, 11) is 3.17. The summed E-state index contributed by atoms with van der Waals surface area (Å²) in [6, 6.07) is 19.1. The number of nitrogens with zero attached hydrogens (tertiary/aromatic N) is 2. The smallest absolute Gasteiger partial charge is 0.218 e. The van der Waals surface area contributed by atoms with Gasteiger partial charge in [-0.1, -0.05) is 59.6 Å². The van der Waals surface area contributed by atoms with Crippen molar-refractivity contribution in [1.82, 2.24) is 20.6 Å². The van der Waals surface area contributed by atoms with Crippen molar-refractivity contribution in [2.75, 3.05) is 40.5 Å². The highest BCUT2D eigenvalue weighted by molar-refractivity contribution is 6.39. The third-order valence-corrected chi connectivity index (χ3v) is 7.88. The Bertz CT molecular complexity index is 1410. The van der Waals surface area contributed by atoms with Crippen molar-refractivity contribution in [2.45, 2.75) is 25.9 Å². The number of methoxy groups -OCH3 is 2. The number of aromatic nitrogens is 2. The molecule has 4 rings (SSSR count). The number of aliphatic hydroxyl groups is 2. The van der Waals surface area contributed by atoms with E-state index in [-0.39, 0.29) is 25.3 Å². The standard InChI is InChI=1S/C32H36Cl2N4O4/c1-19(35-15-17-39)21-11-13-27(37-31(21)41-3)25-9-5-7-23(29(25)33)24-8-6-10-26(30(24)34)28-14-12-22(32(38-28)42-4)20(2)36-16-18-40/h5-14,19-20,35-36,39-40H,15-18H2,1-4H3/t19-,20+. The number of rotatable bonds is 13. The molecule has 10 heteroatoms. The lowest BCUT2D eigenvalue weighted by Gasteiger charge is -2.18. The van der Waals surface area contributed by atoms with Crippen LogP contribution in [0.2, 0.25) is 10.0 Å². The van der Waals surface area contributed by atoms with Crippen molar-refractivity contribution in [1.29, 1.82) is 0 Å². The highest BCUT2D eigenvalue weighted by Gasteiger charge is 2.20. The second-order valence-electron chi connectivity index (χ2n) is 9.72. The van der Waals surface area contributed by atoms with Crippen LogP contribution < -0.4 is 20.1 Å². The Kier molecular flexibility index (Phi) is 11.2. The van der Waals surface area contributed by atoms with Gasteiger partial charge in [0, 0.05) is 58.6 Å². The van der Waals surface area contributed by atoms with E-state index < -0.39 is 0 Å². The zero-order valence-electron chi connectivity index (χ0n) is 24.1. The first kappa shape index (κ1) is 31.7. The lowest BCUT2D eigenvalue weighted by Crippen LogP contribution is -2.22. The highest BCUT2D eigenvalue weighted by atomic mass is 35.5. The summed E-state index contributed by atoms with van der Waals surface area (Å²) in [5, 5.41) is 25.8. The summed E-state index contributed by atoms with van der Waals surface area (Å²) in [5.41, 5.74) is 6.08. The predicted molar refractivity (Wildman–Crippen MR) is 168 cm³/mol. The molecule has 222 valence electrons. The molecule has 0 radical (unpaired) electrons. The number of halogens is 2. The molecule has 2 heterocycles. The Morgan fingerprint density at radius 3 is 1.38 bits per heavy atom. The molecule has 4 N–H and O–H groups in total. The quantitative estimate of drug-likeness (QED) is 0.144. The highest BCUT2D eigenvalue weighted by Crippen LogP contribution is 2.42. The fourth-order valence-corrected chi connectivity index (χ4v) is 5.50. The van der Waals surface area contributed by atoms with Crippen LogP contribution in [0.1, 0.15) is 37.1 Å². The summed E-state index contributed by atoms with van der Waals surface area (Å²) < 4.78 is 11.2. The van der Waals surface area contributed by atoms with Crippen LogP contribution in [0.4, 0.5) is 0 Å². The summed E-state index contributed by atoms with van der Waals surface area (Å²) in [6.07, 6.45) is 0. The van der Waals surface area contributed by atoms with Crippen LogP contribution in [0.3, 0.4) is 0 Å². The van der Waals surface area contributed by atoms with Crippen molar-refractivity contribution < 1.29 is 19.7 Å². The zero-order valence-corrected chi connectivity index (χ0v) is 25.6. The second kappa shape index (κ2) is 14.8. The van der Waals surface area contributed by atoms with Gasteiger partial charge in [0.25, 0.3) is 0 Å². The van der Waals surface area contributed by atoms with Crippen LogP contribution in [0.25, 0.3) is 33.6 Å². The average Bonchev–Trinajstić information content (AvgIpc) is 3.02. The maximum Gasteiger partial charge on any atom is 0.218 e. The Balaban J connectivity index is 1.72. The molecule has 0 unspecified atom stereocenters. The summed E-state index contributed by atoms with van der Waals surface area (Å²) in [5.74, 6) is 0.965. The normalized spacial score (nSPS) is 12.7. The van der Waals surface area contributed by atoms with Crippen LogP contribution in [-0.4, -0.2) is 60.7 Å². The molecule has 8 nitrogen and oxygen atoms in total. The monoisotopic (exact) mass is 610 g/mol. The van der Waals surface area contributed by atoms with Gasteiger partial charge in [-0.05, 0) is 38.1 Å². The Morgan fingerprint density at radius 2 is 1.02 bits per heavy atom. The van der Waals surface area contributed by atoms with Gasteiger partial charge >= 0.3 is 0 Å². The van der Waals surface area contributed by atoms with E-state index in [4.69, 9.17) is 52.9 Å². The van der Waals surface area contributed by atoms with Crippen LogP contribution >= 0.6 is 23.2 Å².